The highest BCUT2D eigenvalue weighted by Gasteiger charge is 2.22. The second-order valence-electron chi connectivity index (χ2n) is 7.39. The summed E-state index contributed by atoms with van der Waals surface area (Å²) < 4.78 is 15.3. The van der Waals surface area contributed by atoms with Crippen molar-refractivity contribution in [2.24, 2.45) is 5.92 Å². The third-order valence-electron chi connectivity index (χ3n) is 4.96. The molecule has 1 atom stereocenters. The first-order chi connectivity index (χ1) is 15.3. The molecular weight excluding hydrogens is 437 g/mol. The van der Waals surface area contributed by atoms with Crippen LogP contribution in [0.2, 0.25) is 5.28 Å². The number of aliphatic hydroxyl groups is 1. The van der Waals surface area contributed by atoms with Gasteiger partial charge in [-0.25, -0.2) is 4.39 Å². The Balaban J connectivity index is 0.00000176. The van der Waals surface area contributed by atoms with Crippen molar-refractivity contribution >= 4 is 23.0 Å². The SMILES string of the molecule is C=C/C=C(\C(=C)F)c1ccc2c(n1)CCN(CC(C)Cn1cc([N+](=O)[O-])nc1Cl)C2.CO. The van der Waals surface area contributed by atoms with Gasteiger partial charge in [0.05, 0.1) is 5.69 Å². The van der Waals surface area contributed by atoms with E-state index >= 15 is 0 Å². The van der Waals surface area contributed by atoms with E-state index in [2.05, 4.69) is 34.9 Å². The van der Waals surface area contributed by atoms with Crippen LogP contribution in [-0.2, 0) is 19.5 Å². The fraction of sp³-hybridized carbons (Fsp3) is 0.364. The second kappa shape index (κ2) is 11.7. The number of pyridine rings is 1. The van der Waals surface area contributed by atoms with Crippen LogP contribution in [0.4, 0.5) is 10.2 Å². The zero-order valence-electron chi connectivity index (χ0n) is 18.2. The number of aliphatic hydroxyl groups excluding tert-OH is 1. The number of hydrogen-bond acceptors (Lipinski definition) is 6. The van der Waals surface area contributed by atoms with Crippen molar-refractivity contribution in [1.29, 1.82) is 0 Å². The molecule has 1 N–H and O–H groups in total. The van der Waals surface area contributed by atoms with E-state index in [1.165, 1.54) is 12.3 Å². The van der Waals surface area contributed by atoms with Gasteiger partial charge in [-0.15, -0.1) is 0 Å². The zero-order valence-corrected chi connectivity index (χ0v) is 18.9. The molecule has 3 rings (SSSR count). The standard InChI is InChI=1S/C21H23ClFN5O2.CH4O/c1-4-5-17(15(3)23)19-7-6-16-12-26(9-8-18(16)24-19)10-14(2)11-27-13-20(28(29)30)25-21(27)22;1-2/h4-7,13-14H,1,3,8-12H2,2H3;2H,1H3/b17-5+;. The predicted octanol–water partition coefficient (Wildman–Crippen LogP) is 4.20. The summed E-state index contributed by atoms with van der Waals surface area (Å²) >= 11 is 6.01. The maximum Gasteiger partial charge on any atom is 0.383 e. The van der Waals surface area contributed by atoms with E-state index < -0.39 is 10.8 Å². The lowest BCUT2D eigenvalue weighted by Gasteiger charge is -2.30. The number of fused-ring (bicyclic) bond motifs is 1. The maximum absolute atomic E-state index is 13.7. The lowest BCUT2D eigenvalue weighted by Crippen LogP contribution is -2.35. The number of halogens is 2. The fourth-order valence-corrected chi connectivity index (χ4v) is 3.85. The van der Waals surface area contributed by atoms with E-state index in [0.29, 0.717) is 17.8 Å². The number of rotatable bonds is 8. The minimum atomic E-state index is -0.552. The van der Waals surface area contributed by atoms with Gasteiger partial charge in [0.15, 0.2) is 0 Å². The van der Waals surface area contributed by atoms with Crippen LogP contribution in [0.15, 0.2) is 49.5 Å². The molecule has 2 aromatic heterocycles. The van der Waals surface area contributed by atoms with Crippen molar-refractivity contribution in [3.63, 3.8) is 0 Å². The van der Waals surface area contributed by atoms with Crippen molar-refractivity contribution < 1.29 is 14.4 Å². The summed E-state index contributed by atoms with van der Waals surface area (Å²) in [7, 11) is 1.00. The molecule has 32 heavy (non-hydrogen) atoms. The summed E-state index contributed by atoms with van der Waals surface area (Å²) in [4.78, 5) is 21.0. The first-order valence-electron chi connectivity index (χ1n) is 9.99. The number of nitro groups is 1. The highest BCUT2D eigenvalue weighted by atomic mass is 35.5. The van der Waals surface area contributed by atoms with Gasteiger partial charge < -0.3 is 15.2 Å². The van der Waals surface area contributed by atoms with Gasteiger partial charge in [0.2, 0.25) is 0 Å². The van der Waals surface area contributed by atoms with Gasteiger partial charge in [-0.05, 0) is 39.1 Å². The molecule has 0 saturated carbocycles. The predicted molar refractivity (Wildman–Crippen MR) is 123 cm³/mol. The molecule has 1 unspecified atom stereocenters. The average Bonchev–Trinajstić information content (AvgIpc) is 3.13. The van der Waals surface area contributed by atoms with Gasteiger partial charge >= 0.3 is 11.1 Å². The number of imidazole rings is 1. The molecule has 0 aromatic carbocycles. The van der Waals surface area contributed by atoms with Crippen molar-refractivity contribution in [2.45, 2.75) is 26.4 Å². The Hall–Kier alpha value is -2.88. The molecule has 0 spiro atoms. The first-order valence-corrected chi connectivity index (χ1v) is 10.4. The first kappa shape index (κ1) is 25.4. The lowest BCUT2D eigenvalue weighted by molar-refractivity contribution is -0.389. The molecule has 1 aliphatic heterocycles. The van der Waals surface area contributed by atoms with E-state index in [-0.39, 0.29) is 17.0 Å². The van der Waals surface area contributed by atoms with Crippen LogP contribution >= 0.6 is 11.6 Å². The summed E-state index contributed by atoms with van der Waals surface area (Å²) in [6, 6.07) is 3.78. The van der Waals surface area contributed by atoms with Gasteiger partial charge in [-0.2, -0.15) is 0 Å². The molecular formula is C22H27ClFN5O3. The molecule has 0 radical (unpaired) electrons. The quantitative estimate of drug-likeness (QED) is 0.358. The monoisotopic (exact) mass is 463 g/mol. The highest BCUT2D eigenvalue weighted by Crippen LogP contribution is 2.26. The Morgan fingerprint density at radius 3 is 2.72 bits per heavy atom. The molecule has 1 aliphatic rings. The van der Waals surface area contributed by atoms with Crippen LogP contribution in [0.5, 0.6) is 0 Å². The molecule has 0 amide bonds. The van der Waals surface area contributed by atoms with Gasteiger partial charge in [-0.3, -0.25) is 14.5 Å². The Bertz CT molecular complexity index is 1020. The summed E-state index contributed by atoms with van der Waals surface area (Å²) in [5.41, 5.74) is 2.96. The average molecular weight is 464 g/mol. The summed E-state index contributed by atoms with van der Waals surface area (Å²) in [5.74, 6) is -0.573. The van der Waals surface area contributed by atoms with Crippen LogP contribution in [0, 0.1) is 16.0 Å². The van der Waals surface area contributed by atoms with Crippen molar-refractivity contribution in [1.82, 2.24) is 19.4 Å². The molecule has 10 heteroatoms. The molecule has 0 saturated heterocycles. The Morgan fingerprint density at radius 2 is 2.12 bits per heavy atom. The van der Waals surface area contributed by atoms with E-state index in [4.69, 9.17) is 16.7 Å². The molecule has 8 nitrogen and oxygen atoms in total. The molecule has 0 fully saturated rings. The van der Waals surface area contributed by atoms with Crippen LogP contribution in [-0.4, -0.2) is 49.7 Å². The number of hydrogen-bond donors (Lipinski definition) is 1. The third-order valence-corrected chi connectivity index (χ3v) is 5.26. The minimum absolute atomic E-state index is 0.118. The summed E-state index contributed by atoms with van der Waals surface area (Å²) in [6.07, 6.45) is 5.21. The van der Waals surface area contributed by atoms with Gasteiger partial charge in [-0.1, -0.05) is 38.3 Å². The summed E-state index contributed by atoms with van der Waals surface area (Å²) in [6.45, 7) is 11.9. The fourth-order valence-electron chi connectivity index (χ4n) is 3.64. The highest BCUT2D eigenvalue weighted by molar-refractivity contribution is 6.28. The van der Waals surface area contributed by atoms with Crippen molar-refractivity contribution in [3.05, 3.63) is 81.8 Å². The van der Waals surface area contributed by atoms with Gasteiger partial charge in [0.25, 0.3) is 0 Å². The number of aromatic nitrogens is 3. The number of nitrogens with zero attached hydrogens (tertiary/aromatic N) is 5. The largest absolute Gasteiger partial charge is 0.400 e. The maximum atomic E-state index is 13.7. The van der Waals surface area contributed by atoms with Crippen LogP contribution in [0.3, 0.4) is 0 Å². The lowest BCUT2D eigenvalue weighted by atomic mass is 10.0. The van der Waals surface area contributed by atoms with Crippen molar-refractivity contribution in [3.8, 4) is 0 Å². The Kier molecular flexibility index (Phi) is 9.25. The smallest absolute Gasteiger partial charge is 0.383 e. The Labute approximate surface area is 191 Å². The molecule has 0 aliphatic carbocycles. The second-order valence-corrected chi connectivity index (χ2v) is 7.73. The van der Waals surface area contributed by atoms with E-state index in [0.717, 1.165) is 44.4 Å². The molecule has 3 heterocycles. The van der Waals surface area contributed by atoms with Crippen LogP contribution in [0.25, 0.3) is 5.57 Å². The van der Waals surface area contributed by atoms with Gasteiger partial charge in [0, 0.05) is 51.0 Å². The minimum Gasteiger partial charge on any atom is -0.400 e. The molecule has 0 bridgehead atoms. The van der Waals surface area contributed by atoms with E-state index in [1.807, 2.05) is 6.07 Å². The zero-order chi connectivity index (χ0) is 23.8. The van der Waals surface area contributed by atoms with Crippen LogP contribution in [0.1, 0.15) is 23.9 Å². The Morgan fingerprint density at radius 1 is 1.41 bits per heavy atom. The molecule has 2 aromatic rings. The summed E-state index contributed by atoms with van der Waals surface area (Å²) in [5, 5.41) is 18.0. The number of allylic oxidation sites excluding steroid dienone is 4. The third kappa shape index (κ3) is 6.32. The van der Waals surface area contributed by atoms with E-state index in [9.17, 15) is 14.5 Å². The van der Waals surface area contributed by atoms with E-state index in [1.54, 1.807) is 16.7 Å². The van der Waals surface area contributed by atoms with Crippen LogP contribution < -0.4 is 0 Å². The normalized spacial score (nSPS) is 14.7. The topological polar surface area (TPSA) is 97.3 Å². The van der Waals surface area contributed by atoms with Crippen molar-refractivity contribution in [2.75, 3.05) is 20.2 Å². The molecule has 172 valence electrons. The van der Waals surface area contributed by atoms with Gasteiger partial charge in [0.1, 0.15) is 12.0 Å².